The summed E-state index contributed by atoms with van der Waals surface area (Å²) in [6, 6.07) is 10.1. The number of nitrogen functional groups attached to an aromatic ring is 1. The Morgan fingerprint density at radius 2 is 1.76 bits per heavy atom. The van der Waals surface area contributed by atoms with Crippen molar-refractivity contribution in [2.45, 2.75) is 25.8 Å². The quantitative estimate of drug-likeness (QED) is 0.894. The molecule has 0 unspecified atom stereocenters. The van der Waals surface area contributed by atoms with Gasteiger partial charge in [0, 0.05) is 19.6 Å². The number of nitrogens with one attached hydrogen (secondary N) is 1. The summed E-state index contributed by atoms with van der Waals surface area (Å²) in [5, 5.41) is 3.21. The molecule has 0 radical (unpaired) electrons. The van der Waals surface area contributed by atoms with Crippen LogP contribution < -0.4 is 16.0 Å². The molecular weight excluding hydrogens is 264 g/mol. The molecule has 0 saturated carbocycles. The molecule has 1 aromatic carbocycles. The standard InChI is InChI=1S/C15H20N6/c16-13-18-14(17-11-12-7-3-1-4-8-12)20-15(19-13)21-9-5-2-6-10-21/h1,3-4,7-8H,2,5-6,9-11H2,(H3,16,17,18,19,20). The maximum absolute atomic E-state index is 5.81. The molecule has 1 aliphatic heterocycles. The van der Waals surface area contributed by atoms with Crippen molar-refractivity contribution in [2.24, 2.45) is 0 Å². The third kappa shape index (κ3) is 3.59. The first-order chi connectivity index (χ1) is 10.3. The van der Waals surface area contributed by atoms with E-state index in [2.05, 4.69) is 37.3 Å². The summed E-state index contributed by atoms with van der Waals surface area (Å²) < 4.78 is 0. The molecule has 1 fully saturated rings. The minimum absolute atomic E-state index is 0.265. The lowest BCUT2D eigenvalue weighted by Crippen LogP contribution is -2.31. The predicted octanol–water partition coefficient (Wildman–Crippen LogP) is 2.06. The van der Waals surface area contributed by atoms with E-state index in [1.54, 1.807) is 0 Å². The van der Waals surface area contributed by atoms with Crippen molar-refractivity contribution in [3.05, 3.63) is 35.9 Å². The second-order valence-corrected chi connectivity index (χ2v) is 5.20. The van der Waals surface area contributed by atoms with Gasteiger partial charge in [0.2, 0.25) is 17.8 Å². The molecule has 2 aromatic rings. The monoisotopic (exact) mass is 284 g/mol. The third-order valence-corrected chi connectivity index (χ3v) is 3.57. The Balaban J connectivity index is 1.71. The van der Waals surface area contributed by atoms with Gasteiger partial charge < -0.3 is 16.0 Å². The second kappa shape index (κ2) is 6.39. The van der Waals surface area contributed by atoms with Gasteiger partial charge in [-0.3, -0.25) is 0 Å². The Labute approximate surface area is 124 Å². The first kappa shape index (κ1) is 13.6. The predicted molar refractivity (Wildman–Crippen MR) is 84.1 cm³/mol. The van der Waals surface area contributed by atoms with Crippen LogP contribution in [0.5, 0.6) is 0 Å². The van der Waals surface area contributed by atoms with Crippen LogP contribution in [0.3, 0.4) is 0 Å². The van der Waals surface area contributed by atoms with Gasteiger partial charge in [0.1, 0.15) is 0 Å². The Bertz CT molecular complexity index is 580. The summed E-state index contributed by atoms with van der Waals surface area (Å²) in [4.78, 5) is 15.1. The molecule has 110 valence electrons. The minimum Gasteiger partial charge on any atom is -0.368 e. The number of hydrogen-bond donors (Lipinski definition) is 2. The maximum atomic E-state index is 5.81. The maximum Gasteiger partial charge on any atom is 0.231 e. The molecule has 0 aliphatic carbocycles. The van der Waals surface area contributed by atoms with Gasteiger partial charge in [0.15, 0.2) is 0 Å². The summed E-state index contributed by atoms with van der Waals surface area (Å²) in [7, 11) is 0. The largest absolute Gasteiger partial charge is 0.368 e. The van der Waals surface area contributed by atoms with E-state index in [0.717, 1.165) is 13.1 Å². The summed E-state index contributed by atoms with van der Waals surface area (Å²) in [5.74, 6) is 1.48. The van der Waals surface area contributed by atoms with Crippen LogP contribution in [0.2, 0.25) is 0 Å². The molecule has 0 bridgehead atoms. The molecule has 6 heteroatoms. The number of anilines is 3. The Morgan fingerprint density at radius 1 is 1.00 bits per heavy atom. The van der Waals surface area contributed by atoms with Gasteiger partial charge >= 0.3 is 0 Å². The number of benzene rings is 1. The van der Waals surface area contributed by atoms with E-state index in [0.29, 0.717) is 18.4 Å². The lowest BCUT2D eigenvalue weighted by molar-refractivity contribution is 0.568. The van der Waals surface area contributed by atoms with Gasteiger partial charge in [0.25, 0.3) is 0 Å². The number of piperidine rings is 1. The number of rotatable bonds is 4. The van der Waals surface area contributed by atoms with Crippen molar-refractivity contribution in [2.75, 3.05) is 29.0 Å². The fourth-order valence-electron chi connectivity index (χ4n) is 2.47. The molecule has 21 heavy (non-hydrogen) atoms. The van der Waals surface area contributed by atoms with Gasteiger partial charge in [-0.2, -0.15) is 15.0 Å². The highest BCUT2D eigenvalue weighted by Gasteiger charge is 2.15. The fourth-order valence-corrected chi connectivity index (χ4v) is 2.47. The molecule has 0 spiro atoms. The fraction of sp³-hybridized carbons (Fsp3) is 0.400. The molecule has 3 rings (SSSR count). The van der Waals surface area contributed by atoms with Crippen molar-refractivity contribution in [1.29, 1.82) is 0 Å². The van der Waals surface area contributed by atoms with Crippen molar-refractivity contribution >= 4 is 17.8 Å². The summed E-state index contributed by atoms with van der Waals surface area (Å²) in [6.45, 7) is 2.65. The molecule has 2 heterocycles. The zero-order valence-corrected chi connectivity index (χ0v) is 12.0. The number of nitrogens with two attached hydrogens (primary N) is 1. The third-order valence-electron chi connectivity index (χ3n) is 3.57. The van der Waals surface area contributed by atoms with E-state index in [-0.39, 0.29) is 5.95 Å². The molecule has 1 saturated heterocycles. The highest BCUT2D eigenvalue weighted by Crippen LogP contribution is 2.17. The summed E-state index contributed by atoms with van der Waals surface area (Å²) >= 11 is 0. The van der Waals surface area contributed by atoms with Crippen LogP contribution in [0.25, 0.3) is 0 Å². The van der Waals surface area contributed by atoms with E-state index in [1.165, 1.54) is 24.8 Å². The van der Waals surface area contributed by atoms with Gasteiger partial charge in [-0.15, -0.1) is 0 Å². The smallest absolute Gasteiger partial charge is 0.231 e. The van der Waals surface area contributed by atoms with E-state index in [4.69, 9.17) is 5.73 Å². The molecule has 3 N–H and O–H groups in total. The second-order valence-electron chi connectivity index (χ2n) is 5.20. The van der Waals surface area contributed by atoms with Crippen molar-refractivity contribution < 1.29 is 0 Å². The van der Waals surface area contributed by atoms with Crippen LogP contribution in [0.1, 0.15) is 24.8 Å². The van der Waals surface area contributed by atoms with E-state index >= 15 is 0 Å². The normalized spacial score (nSPS) is 15.0. The zero-order chi connectivity index (χ0) is 14.5. The van der Waals surface area contributed by atoms with E-state index < -0.39 is 0 Å². The van der Waals surface area contributed by atoms with Crippen LogP contribution in [0.4, 0.5) is 17.8 Å². The van der Waals surface area contributed by atoms with Crippen molar-refractivity contribution in [3.8, 4) is 0 Å². The minimum atomic E-state index is 0.265. The topological polar surface area (TPSA) is 80.0 Å². The van der Waals surface area contributed by atoms with Crippen molar-refractivity contribution in [3.63, 3.8) is 0 Å². The molecule has 0 atom stereocenters. The SMILES string of the molecule is Nc1nc(NCc2ccccc2)nc(N2CCCCC2)n1. The van der Waals surface area contributed by atoms with Crippen LogP contribution >= 0.6 is 0 Å². The molecular formula is C15H20N6. The molecule has 1 aliphatic rings. The number of aromatic nitrogens is 3. The van der Waals surface area contributed by atoms with Crippen LogP contribution in [0, 0.1) is 0 Å². The van der Waals surface area contributed by atoms with Crippen molar-refractivity contribution in [1.82, 2.24) is 15.0 Å². The number of hydrogen-bond acceptors (Lipinski definition) is 6. The lowest BCUT2D eigenvalue weighted by Gasteiger charge is -2.26. The van der Waals surface area contributed by atoms with Crippen LogP contribution in [-0.2, 0) is 6.54 Å². The molecule has 1 aromatic heterocycles. The van der Waals surface area contributed by atoms with Gasteiger partial charge in [-0.25, -0.2) is 0 Å². The highest BCUT2D eigenvalue weighted by atomic mass is 15.3. The van der Waals surface area contributed by atoms with Gasteiger partial charge in [-0.1, -0.05) is 30.3 Å². The first-order valence-corrected chi connectivity index (χ1v) is 7.35. The van der Waals surface area contributed by atoms with E-state index in [9.17, 15) is 0 Å². The average molecular weight is 284 g/mol. The lowest BCUT2D eigenvalue weighted by atomic mass is 10.1. The summed E-state index contributed by atoms with van der Waals surface area (Å²) in [6.07, 6.45) is 3.63. The van der Waals surface area contributed by atoms with Crippen LogP contribution in [-0.4, -0.2) is 28.0 Å². The Hall–Kier alpha value is -2.37. The average Bonchev–Trinajstić information content (AvgIpc) is 2.54. The summed E-state index contributed by atoms with van der Waals surface area (Å²) in [5.41, 5.74) is 6.98. The van der Waals surface area contributed by atoms with E-state index in [1.807, 2.05) is 18.2 Å². The first-order valence-electron chi connectivity index (χ1n) is 7.35. The zero-order valence-electron chi connectivity index (χ0n) is 12.0. The van der Waals surface area contributed by atoms with Crippen LogP contribution in [0.15, 0.2) is 30.3 Å². The Morgan fingerprint density at radius 3 is 2.52 bits per heavy atom. The highest BCUT2D eigenvalue weighted by molar-refractivity contribution is 5.42. The Kier molecular flexibility index (Phi) is 4.14. The number of nitrogens with zero attached hydrogens (tertiary/aromatic N) is 4. The molecule has 0 amide bonds. The molecule has 6 nitrogen and oxygen atoms in total. The van der Waals surface area contributed by atoms with Gasteiger partial charge in [0.05, 0.1) is 0 Å². The van der Waals surface area contributed by atoms with Gasteiger partial charge in [-0.05, 0) is 24.8 Å².